The van der Waals surface area contributed by atoms with Gasteiger partial charge in [0.2, 0.25) is 17.7 Å². The summed E-state index contributed by atoms with van der Waals surface area (Å²) in [4.78, 5) is 120. The number of primary amides is 1. The lowest BCUT2D eigenvalue weighted by molar-refractivity contribution is -0.272. The number of carbonyl (C=O) groups excluding carboxylic acids is 7. The van der Waals surface area contributed by atoms with Crippen molar-refractivity contribution in [1.29, 1.82) is 0 Å². The third-order valence-corrected chi connectivity index (χ3v) is 23.3. The fourth-order valence-corrected chi connectivity index (χ4v) is 16.2. The lowest BCUT2D eigenvalue weighted by Gasteiger charge is -2.45. The Bertz CT molecular complexity index is 2380. The zero-order valence-corrected chi connectivity index (χ0v) is 75.3. The van der Waals surface area contributed by atoms with Gasteiger partial charge in [-0.25, -0.2) is 4.57 Å². The van der Waals surface area contributed by atoms with Crippen molar-refractivity contribution < 1.29 is 86.0 Å². The Hall–Kier alpha value is -3.72. The molecule has 0 aromatic heterocycles. The highest BCUT2D eigenvalue weighted by Crippen LogP contribution is 2.43. The number of carbonyl (C=O) groups is 7. The second kappa shape index (κ2) is 77.6. The van der Waals surface area contributed by atoms with Crippen LogP contribution in [0.25, 0.3) is 0 Å². The molecular weight excluding hydrogens is 1480 g/mol. The summed E-state index contributed by atoms with van der Waals surface area (Å²) in [6.07, 6.45) is 54.6. The second-order valence-electron chi connectivity index (χ2n) is 33.8. The molecular formula is C93H176N3O18P. The molecule has 0 aromatic carbocycles. The maximum atomic E-state index is 15.0. The maximum Gasteiger partial charge on any atom is 0.470 e. The number of aliphatic hydroxyl groups excluding tert-OH is 1. The van der Waals surface area contributed by atoms with Gasteiger partial charge in [-0.05, 0) is 57.8 Å². The monoisotopic (exact) mass is 1650 g/mol. The third kappa shape index (κ3) is 65.7. The minimum absolute atomic E-state index is 0.137. The number of aliphatic hydroxyl groups is 1. The summed E-state index contributed by atoms with van der Waals surface area (Å²) < 4.78 is 55.6. The van der Waals surface area contributed by atoms with Crippen LogP contribution in [-0.2, 0) is 71.1 Å². The molecule has 1 aliphatic rings. The second-order valence-corrected chi connectivity index (χ2v) is 35.0. The van der Waals surface area contributed by atoms with Crippen LogP contribution in [0.5, 0.6) is 0 Å². The predicted molar refractivity (Wildman–Crippen MR) is 464 cm³/mol. The molecule has 9 atom stereocenters. The predicted octanol–water partition coefficient (Wildman–Crippen LogP) is 23.3. The van der Waals surface area contributed by atoms with E-state index in [0.717, 1.165) is 173 Å². The molecule has 115 heavy (non-hydrogen) atoms. The Morgan fingerprint density at radius 1 is 0.365 bits per heavy atom. The van der Waals surface area contributed by atoms with Gasteiger partial charge in [0.1, 0.15) is 42.6 Å². The molecule has 3 amide bonds. The average molecular weight is 1660 g/mol. The Morgan fingerprint density at radius 2 is 0.635 bits per heavy atom. The summed E-state index contributed by atoms with van der Waals surface area (Å²) in [5.41, 5.74) is 6.04. The van der Waals surface area contributed by atoms with E-state index in [0.29, 0.717) is 57.8 Å². The molecule has 7 N–H and O–H groups in total. The molecule has 0 bridgehead atoms. The highest BCUT2D eigenvalue weighted by Gasteiger charge is 2.52. The number of nitrogens with two attached hydrogens (primary N) is 1. The van der Waals surface area contributed by atoms with E-state index in [1.165, 1.54) is 173 Å². The Labute approximate surface area is 701 Å². The average Bonchev–Trinajstić information content (AvgIpc) is 0.779. The molecule has 1 aliphatic heterocycles. The van der Waals surface area contributed by atoms with Gasteiger partial charge in [-0.3, -0.25) is 38.1 Å². The molecule has 1 rings (SSSR count). The normalized spacial score (nSPS) is 16.7. The third-order valence-electron chi connectivity index (χ3n) is 22.7. The summed E-state index contributed by atoms with van der Waals surface area (Å²) in [6.45, 7) is 11.5. The van der Waals surface area contributed by atoms with Crippen molar-refractivity contribution in [3.63, 3.8) is 0 Å². The fraction of sp³-hybridized carbons (Fsp3) is 0.925. The van der Waals surface area contributed by atoms with E-state index >= 15 is 0 Å². The van der Waals surface area contributed by atoms with Crippen LogP contribution in [0.1, 0.15) is 485 Å². The van der Waals surface area contributed by atoms with E-state index in [1.807, 2.05) is 0 Å². The van der Waals surface area contributed by atoms with Gasteiger partial charge < -0.3 is 59.7 Å². The molecule has 0 unspecified atom stereocenters. The number of esters is 4. The number of ether oxygens (including phenoxy) is 6. The van der Waals surface area contributed by atoms with Crippen LogP contribution in [0.15, 0.2) is 0 Å². The zero-order valence-electron chi connectivity index (χ0n) is 74.4. The number of unbranched alkanes of at least 4 members (excludes halogenated alkanes) is 54. The van der Waals surface area contributed by atoms with Gasteiger partial charge in [0.05, 0.1) is 32.5 Å². The van der Waals surface area contributed by atoms with Gasteiger partial charge in [-0.15, -0.1) is 0 Å². The molecule has 0 saturated carbocycles. The standard InChI is InChI=1S/C93H176N3O18P/c1-7-13-19-25-31-37-40-46-52-58-64-70-85(100)109-78(67-61-55-49-43-34-28-22-16-10-4)73-83(98)95-81(92(94)104)77-108-93-89(96-84(99)74-79(68-62-56-50-44-35-29-23-17-11-5)110-86(101)71-65-59-53-47-41-38-32-26-20-14-8-2)91(90(82(76-97)112-93)114-115(105,106)107)113-88(103)75-80(69-63-57-51-45-36-30-24-18-12-6)111-87(102)72-66-60-54-48-42-39-33-27-21-15-9-3/h78-82,89-91,93,97H,7-77H2,1-6H3,(H2,94,104)(H,95,98)(H,96,99)(H2,105,106,107)/t78-,79-,80-,81+,82-,89-,90-,91-,93-/m1/s1. The summed E-state index contributed by atoms with van der Waals surface area (Å²) in [7, 11) is -5.56. The van der Waals surface area contributed by atoms with Crippen LogP contribution >= 0.6 is 7.82 Å². The van der Waals surface area contributed by atoms with Gasteiger partial charge in [0.15, 0.2) is 12.4 Å². The Kier molecular flexibility index (Phi) is 73.7. The first kappa shape index (κ1) is 109. The molecule has 0 aromatic rings. The molecule has 0 aliphatic carbocycles. The minimum Gasteiger partial charge on any atom is -0.462 e. The summed E-state index contributed by atoms with van der Waals surface area (Å²) in [5, 5.41) is 16.6. The number of phosphoric ester groups is 1. The largest absolute Gasteiger partial charge is 0.470 e. The molecule has 0 spiro atoms. The maximum absolute atomic E-state index is 15.0. The number of phosphoric acid groups is 1. The molecule has 21 nitrogen and oxygen atoms in total. The first-order valence-corrected chi connectivity index (χ1v) is 49.6. The quantitative estimate of drug-likeness (QED) is 0.0143. The molecule has 0 radical (unpaired) electrons. The summed E-state index contributed by atoms with van der Waals surface area (Å²) in [5.74, 6) is -4.81. The lowest BCUT2D eigenvalue weighted by Crippen LogP contribution is -2.67. The fourth-order valence-electron chi connectivity index (χ4n) is 15.6. The van der Waals surface area contributed by atoms with Crippen molar-refractivity contribution in [1.82, 2.24) is 10.6 Å². The molecule has 1 fully saturated rings. The van der Waals surface area contributed by atoms with Crippen molar-refractivity contribution in [2.75, 3.05) is 13.2 Å². The SMILES string of the molecule is CCCCCCCCCCCCCC(=O)O[C@H](CCCCCCCCCCC)CC(=O)N[C@H]1[C@H](OC[C@H](NC(=O)C[C@@H](CCCCCCCCCCC)OC(=O)CCCCCCCCCCCCC)C(N)=O)O[C@H](CO)[C@@H](OP(=O)(O)O)[C@@H]1OC(=O)C[C@@H](CCCCCCCCCCC)OC(=O)CCCCCCCCCCCCC. The summed E-state index contributed by atoms with van der Waals surface area (Å²) in [6, 6.07) is -3.34. The number of amides is 3. The van der Waals surface area contributed by atoms with E-state index in [4.69, 9.17) is 38.7 Å². The van der Waals surface area contributed by atoms with Gasteiger partial charge >= 0.3 is 31.7 Å². The van der Waals surface area contributed by atoms with Gasteiger partial charge in [0, 0.05) is 19.3 Å². The number of nitrogens with one attached hydrogen (secondary N) is 2. The minimum atomic E-state index is -5.56. The zero-order chi connectivity index (χ0) is 84.3. The van der Waals surface area contributed by atoms with Crippen molar-refractivity contribution >= 4 is 49.4 Å². The highest BCUT2D eigenvalue weighted by molar-refractivity contribution is 7.46. The van der Waals surface area contributed by atoms with Crippen molar-refractivity contribution in [3.05, 3.63) is 0 Å². The topological polar surface area (TPSA) is 312 Å². The molecule has 676 valence electrons. The first-order chi connectivity index (χ1) is 55.8. The van der Waals surface area contributed by atoms with Crippen molar-refractivity contribution in [2.45, 2.75) is 540 Å². The number of hydrogen-bond donors (Lipinski definition) is 6. The van der Waals surface area contributed by atoms with E-state index in [1.54, 1.807) is 0 Å². The van der Waals surface area contributed by atoms with Crippen molar-refractivity contribution in [2.24, 2.45) is 5.73 Å². The van der Waals surface area contributed by atoms with E-state index in [9.17, 15) is 53.0 Å². The van der Waals surface area contributed by atoms with E-state index < -0.39 is 130 Å². The van der Waals surface area contributed by atoms with E-state index in [-0.39, 0.29) is 25.7 Å². The first-order valence-electron chi connectivity index (χ1n) is 48.1. The number of rotatable bonds is 85. The highest BCUT2D eigenvalue weighted by atomic mass is 31.2. The smallest absolute Gasteiger partial charge is 0.462 e. The molecule has 22 heteroatoms. The van der Waals surface area contributed by atoms with Crippen LogP contribution in [0, 0.1) is 0 Å². The van der Waals surface area contributed by atoms with Crippen LogP contribution in [0.4, 0.5) is 0 Å². The van der Waals surface area contributed by atoms with Crippen LogP contribution in [-0.4, -0.2) is 125 Å². The molecule has 1 heterocycles. The molecule has 1 saturated heterocycles. The van der Waals surface area contributed by atoms with Gasteiger partial charge in [-0.2, -0.15) is 0 Å². The lowest BCUT2D eigenvalue weighted by atomic mass is 9.95. The number of hydrogen-bond acceptors (Lipinski definition) is 16. The van der Waals surface area contributed by atoms with Crippen molar-refractivity contribution in [3.8, 4) is 0 Å². The van der Waals surface area contributed by atoms with Crippen LogP contribution in [0.3, 0.4) is 0 Å². The Morgan fingerprint density at radius 3 is 0.913 bits per heavy atom. The van der Waals surface area contributed by atoms with Crippen LogP contribution < -0.4 is 16.4 Å². The van der Waals surface area contributed by atoms with Gasteiger partial charge in [-0.1, -0.05) is 388 Å². The van der Waals surface area contributed by atoms with E-state index in [2.05, 4.69) is 52.2 Å². The van der Waals surface area contributed by atoms with Gasteiger partial charge in [0.25, 0.3) is 0 Å². The van der Waals surface area contributed by atoms with Crippen LogP contribution in [0.2, 0.25) is 0 Å². The Balaban J connectivity index is 3.83. The summed E-state index contributed by atoms with van der Waals surface area (Å²) >= 11 is 0.